The lowest BCUT2D eigenvalue weighted by molar-refractivity contribution is -0.225. The highest BCUT2D eigenvalue weighted by atomic mass is 16.6. The Morgan fingerprint density at radius 3 is 2.52 bits per heavy atom. The van der Waals surface area contributed by atoms with Gasteiger partial charge in [-0.25, -0.2) is 4.79 Å². The Bertz CT molecular complexity index is 622. The van der Waals surface area contributed by atoms with Crippen molar-refractivity contribution in [3.63, 3.8) is 0 Å². The molecule has 3 fully saturated rings. The maximum atomic E-state index is 12.4. The maximum Gasteiger partial charge on any atom is 0.330 e. The van der Waals surface area contributed by atoms with Crippen LogP contribution >= 0.6 is 0 Å². The molecule has 5 heteroatoms. The van der Waals surface area contributed by atoms with Gasteiger partial charge in [0.05, 0.1) is 5.41 Å². The van der Waals surface area contributed by atoms with Crippen LogP contribution in [0.4, 0.5) is 0 Å². The van der Waals surface area contributed by atoms with Crippen molar-refractivity contribution >= 4 is 17.7 Å². The minimum atomic E-state index is -0.759. The fourth-order valence-electron chi connectivity index (χ4n) is 6.39. The molecular formula is C20H28O5. The van der Waals surface area contributed by atoms with Gasteiger partial charge < -0.3 is 9.47 Å². The van der Waals surface area contributed by atoms with E-state index in [1.165, 1.54) is 13.0 Å². The fourth-order valence-corrected chi connectivity index (χ4v) is 6.39. The zero-order chi connectivity index (χ0) is 18.5. The Kier molecular flexibility index (Phi) is 4.33. The first-order chi connectivity index (χ1) is 11.7. The summed E-state index contributed by atoms with van der Waals surface area (Å²) in [5, 5.41) is 0. The molecule has 138 valence electrons. The first-order valence-electron chi connectivity index (χ1n) is 9.25. The summed E-state index contributed by atoms with van der Waals surface area (Å²) in [7, 11) is 0. The molecule has 0 N–H and O–H groups in total. The van der Waals surface area contributed by atoms with Gasteiger partial charge in [0.1, 0.15) is 23.4 Å². The van der Waals surface area contributed by atoms with E-state index in [9.17, 15) is 14.4 Å². The highest BCUT2D eigenvalue weighted by molar-refractivity contribution is 5.94. The lowest BCUT2D eigenvalue weighted by atomic mass is 9.57. The second kappa shape index (κ2) is 5.96. The average molecular weight is 348 g/mol. The van der Waals surface area contributed by atoms with Crippen molar-refractivity contribution in [2.45, 2.75) is 76.9 Å². The van der Waals surface area contributed by atoms with Crippen molar-refractivity contribution in [2.75, 3.05) is 0 Å². The van der Waals surface area contributed by atoms with Crippen LogP contribution in [-0.4, -0.2) is 28.9 Å². The lowest BCUT2D eigenvalue weighted by Crippen LogP contribution is -2.62. The molecule has 3 saturated carbocycles. The van der Waals surface area contributed by atoms with Gasteiger partial charge in [-0.1, -0.05) is 6.58 Å². The SMILES string of the molecule is C=CC(=O)OC(C)(C)C12CCCC1(OC(=O)CC(C)=O)C1CCC2C1. The van der Waals surface area contributed by atoms with Crippen molar-refractivity contribution in [3.05, 3.63) is 12.7 Å². The van der Waals surface area contributed by atoms with Crippen molar-refractivity contribution in [2.24, 2.45) is 17.3 Å². The number of carbonyl (C=O) groups is 3. The number of Topliss-reactive ketones (excluding diaryl/α,β-unsaturated/α-hetero) is 1. The van der Waals surface area contributed by atoms with Crippen molar-refractivity contribution in [1.29, 1.82) is 0 Å². The largest absolute Gasteiger partial charge is 0.458 e. The van der Waals surface area contributed by atoms with Gasteiger partial charge in [-0.2, -0.15) is 0 Å². The molecule has 0 aromatic heterocycles. The van der Waals surface area contributed by atoms with Gasteiger partial charge in [0, 0.05) is 6.08 Å². The molecule has 0 heterocycles. The van der Waals surface area contributed by atoms with E-state index in [2.05, 4.69) is 6.58 Å². The summed E-state index contributed by atoms with van der Waals surface area (Å²) in [5.74, 6) is -0.420. The number of ether oxygens (including phenoxy) is 2. The molecule has 3 aliphatic carbocycles. The van der Waals surface area contributed by atoms with E-state index in [1.54, 1.807) is 0 Å². The lowest BCUT2D eigenvalue weighted by Gasteiger charge is -2.55. The molecule has 0 aliphatic heterocycles. The van der Waals surface area contributed by atoms with E-state index >= 15 is 0 Å². The van der Waals surface area contributed by atoms with Crippen LogP contribution in [0.2, 0.25) is 0 Å². The molecule has 2 bridgehead atoms. The van der Waals surface area contributed by atoms with Gasteiger partial charge in [-0.3, -0.25) is 9.59 Å². The van der Waals surface area contributed by atoms with Crippen LogP contribution in [0.5, 0.6) is 0 Å². The van der Waals surface area contributed by atoms with Crippen LogP contribution in [0, 0.1) is 17.3 Å². The van der Waals surface area contributed by atoms with Crippen LogP contribution in [-0.2, 0) is 23.9 Å². The van der Waals surface area contributed by atoms with E-state index in [0.717, 1.165) is 38.5 Å². The molecule has 5 nitrogen and oxygen atoms in total. The topological polar surface area (TPSA) is 69.7 Å². The van der Waals surface area contributed by atoms with E-state index in [4.69, 9.17) is 9.47 Å². The smallest absolute Gasteiger partial charge is 0.330 e. The summed E-state index contributed by atoms with van der Waals surface area (Å²) in [6, 6.07) is 0. The number of rotatable bonds is 6. The van der Waals surface area contributed by atoms with Gasteiger partial charge in [-0.05, 0) is 71.1 Å². The molecule has 0 aromatic carbocycles. The summed E-state index contributed by atoms with van der Waals surface area (Å²) in [4.78, 5) is 35.7. The number of ketones is 1. The molecule has 3 aliphatic rings. The van der Waals surface area contributed by atoms with Gasteiger partial charge in [0.2, 0.25) is 0 Å². The van der Waals surface area contributed by atoms with E-state index < -0.39 is 23.1 Å². The van der Waals surface area contributed by atoms with E-state index in [1.807, 2.05) is 13.8 Å². The van der Waals surface area contributed by atoms with E-state index in [0.29, 0.717) is 5.92 Å². The number of hydrogen-bond donors (Lipinski definition) is 0. The zero-order valence-electron chi connectivity index (χ0n) is 15.4. The summed E-state index contributed by atoms with van der Waals surface area (Å²) >= 11 is 0. The van der Waals surface area contributed by atoms with E-state index in [-0.39, 0.29) is 23.5 Å². The number of fused-ring (bicyclic) bond motifs is 5. The van der Waals surface area contributed by atoms with Crippen LogP contribution < -0.4 is 0 Å². The third-order valence-electron chi connectivity index (χ3n) is 6.95. The normalized spacial score (nSPS) is 36.0. The van der Waals surface area contributed by atoms with Gasteiger partial charge in [0.25, 0.3) is 0 Å². The van der Waals surface area contributed by atoms with Crippen LogP contribution in [0.25, 0.3) is 0 Å². The van der Waals surface area contributed by atoms with Gasteiger partial charge >= 0.3 is 11.9 Å². The fraction of sp³-hybridized carbons (Fsp3) is 0.750. The van der Waals surface area contributed by atoms with Crippen molar-refractivity contribution in [3.8, 4) is 0 Å². The molecule has 0 saturated heterocycles. The first kappa shape index (κ1) is 18.2. The molecular weight excluding hydrogens is 320 g/mol. The maximum absolute atomic E-state index is 12.4. The minimum absolute atomic E-state index is 0.189. The average Bonchev–Trinajstić information content (AvgIpc) is 3.15. The van der Waals surface area contributed by atoms with Gasteiger partial charge in [0.15, 0.2) is 0 Å². The van der Waals surface area contributed by atoms with Crippen molar-refractivity contribution in [1.82, 2.24) is 0 Å². The van der Waals surface area contributed by atoms with Crippen molar-refractivity contribution < 1.29 is 23.9 Å². The highest BCUT2D eigenvalue weighted by Gasteiger charge is 2.77. The molecule has 4 unspecified atom stereocenters. The first-order valence-corrected chi connectivity index (χ1v) is 9.25. The summed E-state index contributed by atoms with van der Waals surface area (Å²) < 4.78 is 11.9. The predicted octanol–water partition coefficient (Wildman–Crippen LogP) is 3.36. The Hall–Kier alpha value is -1.65. The van der Waals surface area contributed by atoms with Crippen LogP contribution in [0.3, 0.4) is 0 Å². The molecule has 25 heavy (non-hydrogen) atoms. The summed E-state index contributed by atoms with van der Waals surface area (Å²) in [6.07, 6.45) is 6.70. The minimum Gasteiger partial charge on any atom is -0.458 e. The highest BCUT2D eigenvalue weighted by Crippen LogP contribution is 2.73. The second-order valence-corrected chi connectivity index (χ2v) is 8.41. The second-order valence-electron chi connectivity index (χ2n) is 8.41. The number of esters is 2. The third kappa shape index (κ3) is 2.46. The third-order valence-corrected chi connectivity index (χ3v) is 6.95. The Morgan fingerprint density at radius 1 is 1.20 bits per heavy atom. The molecule has 0 radical (unpaired) electrons. The molecule has 3 rings (SSSR count). The Labute approximate surface area is 149 Å². The van der Waals surface area contributed by atoms with Gasteiger partial charge in [-0.15, -0.1) is 0 Å². The van der Waals surface area contributed by atoms with Crippen LogP contribution in [0.1, 0.15) is 65.7 Å². The Balaban J connectivity index is 1.99. The quantitative estimate of drug-likeness (QED) is 0.418. The predicted molar refractivity (Wildman–Crippen MR) is 91.6 cm³/mol. The molecule has 0 aromatic rings. The Morgan fingerprint density at radius 2 is 1.88 bits per heavy atom. The number of carbonyl (C=O) groups excluding carboxylic acids is 3. The monoisotopic (exact) mass is 348 g/mol. The summed E-state index contributed by atoms with van der Waals surface area (Å²) in [6.45, 7) is 8.78. The standard InChI is InChI=1S/C20H28O5/c1-5-16(22)24-18(3,4)19-9-6-10-20(19,15-8-7-14(19)12-15)25-17(23)11-13(2)21/h5,14-15H,1,6-12H2,2-4H3. The molecule has 4 atom stereocenters. The summed E-state index contributed by atoms with van der Waals surface area (Å²) in [5.41, 5.74) is -1.76. The molecule has 0 spiro atoms. The van der Waals surface area contributed by atoms with Crippen LogP contribution in [0.15, 0.2) is 12.7 Å². The zero-order valence-corrected chi connectivity index (χ0v) is 15.4. The molecule has 0 amide bonds. The number of hydrogen-bond acceptors (Lipinski definition) is 5.